The molecule has 2 aromatic carbocycles. The van der Waals surface area contributed by atoms with Crippen LogP contribution in [0.15, 0.2) is 36.4 Å². The van der Waals surface area contributed by atoms with Gasteiger partial charge in [0.15, 0.2) is 5.13 Å². The second-order valence-electron chi connectivity index (χ2n) is 7.62. The van der Waals surface area contributed by atoms with Crippen molar-refractivity contribution in [1.29, 1.82) is 0 Å². The molecule has 1 saturated heterocycles. The lowest BCUT2D eigenvalue weighted by Gasteiger charge is -2.28. The van der Waals surface area contributed by atoms with Gasteiger partial charge < -0.3 is 14.4 Å². The van der Waals surface area contributed by atoms with E-state index in [1.54, 1.807) is 19.2 Å². The number of nitrogens with one attached hydrogen (secondary N) is 1. The van der Waals surface area contributed by atoms with E-state index in [4.69, 9.17) is 9.47 Å². The Morgan fingerprint density at radius 1 is 1.21 bits per heavy atom. The number of anilines is 2. The standard InChI is InChI=1S/C23H24N4O5S/c1-14-12-16(5-7-20(14)31-3)21-15(2)33-23(24-21)25-22(28)17-4-6-18(19(13-17)27(29)30)26-8-10-32-11-9-26/h4-7,12-13H,8-11H2,1-3H3,(H,24,25,28). The van der Waals surface area contributed by atoms with Crippen LogP contribution >= 0.6 is 11.3 Å². The van der Waals surface area contributed by atoms with E-state index in [0.717, 1.165) is 27.4 Å². The molecule has 10 heteroatoms. The molecule has 33 heavy (non-hydrogen) atoms. The van der Waals surface area contributed by atoms with Gasteiger partial charge in [-0.25, -0.2) is 4.98 Å². The number of benzene rings is 2. The van der Waals surface area contributed by atoms with Gasteiger partial charge in [0.05, 0.1) is 30.9 Å². The molecule has 0 atom stereocenters. The molecular formula is C23H24N4O5S. The Bertz CT molecular complexity index is 1200. The predicted octanol–water partition coefficient (Wildman–Crippen LogP) is 4.43. The van der Waals surface area contributed by atoms with Gasteiger partial charge in [-0.1, -0.05) is 0 Å². The number of amides is 1. The van der Waals surface area contributed by atoms with Crippen molar-refractivity contribution in [3.05, 3.63) is 62.5 Å². The summed E-state index contributed by atoms with van der Waals surface area (Å²) in [7, 11) is 1.63. The zero-order chi connectivity index (χ0) is 23.5. The number of methoxy groups -OCH3 is 1. The number of rotatable bonds is 6. The lowest BCUT2D eigenvalue weighted by atomic mass is 10.1. The summed E-state index contributed by atoms with van der Waals surface area (Å²) in [6, 6.07) is 10.3. The van der Waals surface area contributed by atoms with Gasteiger partial charge in [-0.2, -0.15) is 0 Å². The van der Waals surface area contributed by atoms with Gasteiger partial charge in [0.1, 0.15) is 11.4 Å². The fourth-order valence-electron chi connectivity index (χ4n) is 3.80. The summed E-state index contributed by atoms with van der Waals surface area (Å²) in [6.45, 7) is 6.05. The van der Waals surface area contributed by atoms with Gasteiger partial charge in [-0.3, -0.25) is 20.2 Å². The Labute approximate surface area is 195 Å². The number of nitro groups is 1. The zero-order valence-corrected chi connectivity index (χ0v) is 19.4. The first-order valence-electron chi connectivity index (χ1n) is 10.4. The van der Waals surface area contributed by atoms with Crippen molar-refractivity contribution in [1.82, 2.24) is 4.98 Å². The van der Waals surface area contributed by atoms with E-state index < -0.39 is 10.8 Å². The fourth-order valence-corrected chi connectivity index (χ4v) is 4.63. The quantitative estimate of drug-likeness (QED) is 0.421. The summed E-state index contributed by atoms with van der Waals surface area (Å²) in [4.78, 5) is 31.5. The Morgan fingerprint density at radius 3 is 2.64 bits per heavy atom. The van der Waals surface area contributed by atoms with Gasteiger partial charge in [-0.15, -0.1) is 11.3 Å². The molecule has 4 rings (SSSR count). The maximum Gasteiger partial charge on any atom is 0.293 e. The minimum atomic E-state index is -0.459. The van der Waals surface area contributed by atoms with Crippen molar-refractivity contribution < 1.29 is 19.2 Å². The highest BCUT2D eigenvalue weighted by Crippen LogP contribution is 2.34. The smallest absolute Gasteiger partial charge is 0.293 e. The number of aromatic nitrogens is 1. The van der Waals surface area contributed by atoms with Crippen LogP contribution in [0.1, 0.15) is 20.8 Å². The molecule has 0 spiro atoms. The number of nitro benzene ring substituents is 1. The minimum absolute atomic E-state index is 0.103. The number of ether oxygens (including phenoxy) is 2. The van der Waals surface area contributed by atoms with Crippen LogP contribution in [0.3, 0.4) is 0 Å². The average molecular weight is 469 g/mol. The van der Waals surface area contributed by atoms with Crippen LogP contribution in [0.25, 0.3) is 11.3 Å². The lowest BCUT2D eigenvalue weighted by Crippen LogP contribution is -2.36. The topological polar surface area (TPSA) is 107 Å². The van der Waals surface area contributed by atoms with Crippen molar-refractivity contribution in [2.45, 2.75) is 13.8 Å². The second kappa shape index (κ2) is 9.55. The van der Waals surface area contributed by atoms with Crippen LogP contribution in [-0.2, 0) is 4.74 Å². The van der Waals surface area contributed by atoms with E-state index in [1.807, 2.05) is 36.9 Å². The number of nitrogens with zero attached hydrogens (tertiary/aromatic N) is 3. The van der Waals surface area contributed by atoms with Crippen molar-refractivity contribution in [2.24, 2.45) is 0 Å². The van der Waals surface area contributed by atoms with E-state index in [9.17, 15) is 14.9 Å². The van der Waals surface area contributed by atoms with Crippen molar-refractivity contribution in [3.63, 3.8) is 0 Å². The highest BCUT2D eigenvalue weighted by Gasteiger charge is 2.24. The molecule has 0 saturated carbocycles. The van der Waals surface area contributed by atoms with Crippen LogP contribution in [0, 0.1) is 24.0 Å². The molecule has 1 aliphatic rings. The summed E-state index contributed by atoms with van der Waals surface area (Å²) in [5, 5.41) is 14.9. The number of hydrogen-bond acceptors (Lipinski definition) is 8. The Morgan fingerprint density at radius 2 is 1.97 bits per heavy atom. The Hall–Kier alpha value is -3.50. The van der Waals surface area contributed by atoms with Gasteiger partial charge in [0.25, 0.3) is 11.6 Å². The van der Waals surface area contributed by atoms with Gasteiger partial charge in [0, 0.05) is 35.2 Å². The van der Waals surface area contributed by atoms with E-state index >= 15 is 0 Å². The first-order valence-corrected chi connectivity index (χ1v) is 11.2. The first kappa shape index (κ1) is 22.7. The normalized spacial score (nSPS) is 13.6. The third-order valence-electron chi connectivity index (χ3n) is 5.47. The van der Waals surface area contributed by atoms with Crippen LogP contribution in [0.4, 0.5) is 16.5 Å². The number of morpholine rings is 1. The largest absolute Gasteiger partial charge is 0.496 e. The van der Waals surface area contributed by atoms with E-state index in [1.165, 1.54) is 17.4 Å². The first-order chi connectivity index (χ1) is 15.9. The number of carbonyl (C=O) groups excluding carboxylic acids is 1. The van der Waals surface area contributed by atoms with Crippen molar-refractivity contribution in [3.8, 4) is 17.0 Å². The van der Waals surface area contributed by atoms with Gasteiger partial charge in [-0.05, 0) is 49.7 Å². The lowest BCUT2D eigenvalue weighted by molar-refractivity contribution is -0.384. The summed E-state index contributed by atoms with van der Waals surface area (Å²) < 4.78 is 10.6. The van der Waals surface area contributed by atoms with Crippen LogP contribution in [0.5, 0.6) is 5.75 Å². The molecule has 1 N–H and O–H groups in total. The number of thiazole rings is 1. The molecule has 0 aliphatic carbocycles. The van der Waals surface area contributed by atoms with Crippen LogP contribution < -0.4 is 15.0 Å². The highest BCUT2D eigenvalue weighted by molar-refractivity contribution is 7.16. The van der Waals surface area contributed by atoms with E-state index in [2.05, 4.69) is 10.3 Å². The molecule has 0 radical (unpaired) electrons. The number of carbonyl (C=O) groups is 1. The summed E-state index contributed by atoms with van der Waals surface area (Å²) in [6.07, 6.45) is 0. The summed E-state index contributed by atoms with van der Waals surface area (Å²) in [5.74, 6) is 0.347. The molecule has 3 aromatic rings. The average Bonchev–Trinajstić information content (AvgIpc) is 3.18. The van der Waals surface area contributed by atoms with Crippen LogP contribution in [0.2, 0.25) is 0 Å². The SMILES string of the molecule is COc1ccc(-c2nc(NC(=O)c3ccc(N4CCOCC4)c([N+](=O)[O-])c3)sc2C)cc1C. The molecule has 1 aliphatic heterocycles. The maximum absolute atomic E-state index is 12.9. The van der Waals surface area contributed by atoms with Crippen molar-refractivity contribution in [2.75, 3.05) is 43.6 Å². The molecule has 1 fully saturated rings. The molecule has 172 valence electrons. The maximum atomic E-state index is 12.9. The number of hydrogen-bond donors (Lipinski definition) is 1. The Kier molecular flexibility index (Phi) is 6.57. The highest BCUT2D eigenvalue weighted by atomic mass is 32.1. The molecule has 2 heterocycles. The molecule has 0 unspecified atom stereocenters. The fraction of sp³-hybridized carbons (Fsp3) is 0.304. The minimum Gasteiger partial charge on any atom is -0.496 e. The molecular weight excluding hydrogens is 444 g/mol. The molecule has 0 bridgehead atoms. The molecule has 1 aromatic heterocycles. The third kappa shape index (κ3) is 4.81. The van der Waals surface area contributed by atoms with Crippen molar-refractivity contribution >= 4 is 33.8 Å². The monoisotopic (exact) mass is 468 g/mol. The molecule has 1 amide bonds. The summed E-state index contributed by atoms with van der Waals surface area (Å²) >= 11 is 1.35. The van der Waals surface area contributed by atoms with Crippen LogP contribution in [-0.4, -0.2) is 49.2 Å². The van der Waals surface area contributed by atoms with Gasteiger partial charge >= 0.3 is 0 Å². The third-order valence-corrected chi connectivity index (χ3v) is 6.36. The summed E-state index contributed by atoms with van der Waals surface area (Å²) in [5.41, 5.74) is 3.27. The number of aryl methyl sites for hydroxylation is 2. The van der Waals surface area contributed by atoms with Gasteiger partial charge in [0.2, 0.25) is 0 Å². The van der Waals surface area contributed by atoms with E-state index in [0.29, 0.717) is 37.1 Å². The predicted molar refractivity (Wildman–Crippen MR) is 128 cm³/mol. The second-order valence-corrected chi connectivity index (χ2v) is 8.83. The molecule has 9 nitrogen and oxygen atoms in total. The zero-order valence-electron chi connectivity index (χ0n) is 18.6. The Balaban J connectivity index is 1.56. The van der Waals surface area contributed by atoms with E-state index in [-0.39, 0.29) is 11.3 Å².